The summed E-state index contributed by atoms with van der Waals surface area (Å²) < 4.78 is 5.18. The summed E-state index contributed by atoms with van der Waals surface area (Å²) in [5.41, 5.74) is 3.69. The van der Waals surface area contributed by atoms with Crippen LogP contribution in [-0.2, 0) is 4.79 Å². The number of aryl methyl sites for hydroxylation is 3. The van der Waals surface area contributed by atoms with Crippen molar-refractivity contribution in [3.63, 3.8) is 0 Å². The van der Waals surface area contributed by atoms with Crippen molar-refractivity contribution in [2.75, 3.05) is 23.8 Å². The third-order valence-corrected chi connectivity index (χ3v) is 4.04. The van der Waals surface area contributed by atoms with Crippen molar-refractivity contribution >= 4 is 17.4 Å². The highest BCUT2D eigenvalue weighted by atomic mass is 16.5. The van der Waals surface area contributed by atoms with Crippen LogP contribution in [-0.4, -0.2) is 34.6 Å². The number of hydrogen-bond acceptors (Lipinski definition) is 6. The summed E-state index contributed by atoms with van der Waals surface area (Å²) in [6.07, 6.45) is 1.66. The minimum Gasteiger partial charge on any atom is -0.350 e. The van der Waals surface area contributed by atoms with Crippen LogP contribution in [0.2, 0.25) is 0 Å². The number of carbonyl (C=O) groups excluding carboxylic acids is 1. The average Bonchev–Trinajstić information content (AvgIpc) is 3.05. The number of nitrogens with zero attached hydrogens (tertiary/aromatic N) is 4. The van der Waals surface area contributed by atoms with Crippen LogP contribution in [0.15, 0.2) is 41.1 Å². The Labute approximate surface area is 152 Å². The highest BCUT2D eigenvalue weighted by Gasteiger charge is 2.13. The smallest absolute Gasteiger partial charge is 0.258 e. The lowest BCUT2D eigenvalue weighted by Gasteiger charge is -2.19. The summed E-state index contributed by atoms with van der Waals surface area (Å²) in [5.74, 6) is 1.54. The quantitative estimate of drug-likeness (QED) is 0.760. The number of nitrogens with one attached hydrogen (secondary N) is 1. The van der Waals surface area contributed by atoms with E-state index in [1.54, 1.807) is 24.1 Å². The summed E-state index contributed by atoms with van der Waals surface area (Å²) in [5, 5.41) is 6.77. The number of carbonyl (C=O) groups is 1. The second-order valence-corrected chi connectivity index (χ2v) is 6.22. The van der Waals surface area contributed by atoms with Crippen LogP contribution >= 0.6 is 0 Å². The maximum absolute atomic E-state index is 12.4. The number of pyridine rings is 1. The third-order valence-electron chi connectivity index (χ3n) is 4.04. The van der Waals surface area contributed by atoms with Crippen LogP contribution in [0.25, 0.3) is 11.5 Å². The van der Waals surface area contributed by atoms with E-state index in [0.717, 1.165) is 22.4 Å². The van der Waals surface area contributed by atoms with E-state index in [4.69, 9.17) is 4.52 Å². The van der Waals surface area contributed by atoms with E-state index in [1.807, 2.05) is 45.2 Å². The second kappa shape index (κ2) is 7.35. The van der Waals surface area contributed by atoms with Gasteiger partial charge in [0.2, 0.25) is 5.91 Å². The van der Waals surface area contributed by atoms with Crippen LogP contribution < -0.4 is 10.2 Å². The van der Waals surface area contributed by atoms with E-state index in [0.29, 0.717) is 17.5 Å². The van der Waals surface area contributed by atoms with Crippen molar-refractivity contribution in [2.24, 2.45) is 0 Å². The van der Waals surface area contributed by atoms with Gasteiger partial charge in [0.05, 0.1) is 6.54 Å². The number of amides is 1. The van der Waals surface area contributed by atoms with Crippen LogP contribution in [0.1, 0.15) is 17.0 Å². The van der Waals surface area contributed by atoms with Crippen molar-refractivity contribution in [3.05, 3.63) is 53.5 Å². The number of anilines is 2. The summed E-state index contributed by atoms with van der Waals surface area (Å²) in [6.45, 7) is 5.89. The monoisotopic (exact) mass is 351 g/mol. The first kappa shape index (κ1) is 17.6. The van der Waals surface area contributed by atoms with Crippen molar-refractivity contribution < 1.29 is 9.32 Å². The van der Waals surface area contributed by atoms with Crippen LogP contribution in [0.3, 0.4) is 0 Å². The Hall–Kier alpha value is -3.22. The van der Waals surface area contributed by atoms with Gasteiger partial charge in [0.15, 0.2) is 5.82 Å². The first-order valence-corrected chi connectivity index (χ1v) is 8.28. The topological polar surface area (TPSA) is 84.2 Å². The molecule has 0 saturated heterocycles. The van der Waals surface area contributed by atoms with E-state index >= 15 is 0 Å². The molecular weight excluding hydrogens is 330 g/mol. The number of hydrogen-bond donors (Lipinski definition) is 1. The summed E-state index contributed by atoms with van der Waals surface area (Å²) in [7, 11) is 1.81. The van der Waals surface area contributed by atoms with Crippen LogP contribution in [0.5, 0.6) is 0 Å². The van der Waals surface area contributed by atoms with E-state index in [2.05, 4.69) is 20.4 Å². The van der Waals surface area contributed by atoms with Gasteiger partial charge in [-0.1, -0.05) is 23.4 Å². The predicted molar refractivity (Wildman–Crippen MR) is 100 cm³/mol. The molecule has 2 aromatic heterocycles. The average molecular weight is 351 g/mol. The van der Waals surface area contributed by atoms with Gasteiger partial charge in [-0.25, -0.2) is 4.98 Å². The molecular formula is C19H21N5O2. The Bertz CT molecular complexity index is 915. The zero-order valence-electron chi connectivity index (χ0n) is 15.3. The summed E-state index contributed by atoms with van der Waals surface area (Å²) in [4.78, 5) is 22.7. The molecule has 2 heterocycles. The predicted octanol–water partition coefficient (Wildman–Crippen LogP) is 3.13. The first-order valence-electron chi connectivity index (χ1n) is 8.28. The van der Waals surface area contributed by atoms with Crippen molar-refractivity contribution in [1.82, 2.24) is 15.1 Å². The molecule has 1 amide bonds. The molecule has 0 aliphatic rings. The van der Waals surface area contributed by atoms with Crippen molar-refractivity contribution in [2.45, 2.75) is 20.8 Å². The maximum atomic E-state index is 12.4. The molecule has 0 fully saturated rings. The molecule has 0 aliphatic carbocycles. The molecule has 0 saturated carbocycles. The fourth-order valence-corrected chi connectivity index (χ4v) is 2.66. The Balaban J connectivity index is 1.72. The van der Waals surface area contributed by atoms with Gasteiger partial charge in [0, 0.05) is 24.5 Å². The molecule has 134 valence electrons. The molecule has 1 aromatic carbocycles. The Morgan fingerprint density at radius 1 is 1.19 bits per heavy atom. The standard InChI is InChI=1S/C19H21N5O2/c1-12-6-5-7-13(2)18(12)22-17(25)11-24(4)16-10-15(8-9-20-16)19-21-14(3)23-26-19/h5-10H,11H2,1-4H3,(H,22,25). The molecule has 0 radical (unpaired) electrons. The summed E-state index contributed by atoms with van der Waals surface area (Å²) in [6, 6.07) is 9.54. The maximum Gasteiger partial charge on any atom is 0.258 e. The minimum absolute atomic E-state index is 0.106. The Morgan fingerprint density at radius 3 is 2.58 bits per heavy atom. The van der Waals surface area contributed by atoms with Gasteiger partial charge in [-0.2, -0.15) is 4.98 Å². The normalized spacial score (nSPS) is 10.6. The third kappa shape index (κ3) is 3.88. The van der Waals surface area contributed by atoms with Gasteiger partial charge in [-0.05, 0) is 44.0 Å². The molecule has 0 aliphatic heterocycles. The molecule has 26 heavy (non-hydrogen) atoms. The number of para-hydroxylation sites is 1. The number of rotatable bonds is 5. The molecule has 0 atom stereocenters. The van der Waals surface area contributed by atoms with Gasteiger partial charge >= 0.3 is 0 Å². The van der Waals surface area contributed by atoms with E-state index in [-0.39, 0.29) is 12.5 Å². The molecule has 3 aromatic rings. The second-order valence-electron chi connectivity index (χ2n) is 6.22. The first-order chi connectivity index (χ1) is 12.4. The molecule has 7 nitrogen and oxygen atoms in total. The SMILES string of the molecule is Cc1noc(-c2ccnc(N(C)CC(=O)Nc3c(C)cccc3C)c2)n1. The molecule has 3 rings (SSSR count). The zero-order chi connectivity index (χ0) is 18.7. The Kier molecular flexibility index (Phi) is 4.97. The number of aromatic nitrogens is 3. The van der Waals surface area contributed by atoms with Crippen LogP contribution in [0.4, 0.5) is 11.5 Å². The van der Waals surface area contributed by atoms with Crippen molar-refractivity contribution in [1.29, 1.82) is 0 Å². The van der Waals surface area contributed by atoms with Gasteiger partial charge in [0.25, 0.3) is 5.89 Å². The van der Waals surface area contributed by atoms with Crippen LogP contribution in [0, 0.1) is 20.8 Å². The lowest BCUT2D eigenvalue weighted by atomic mass is 10.1. The van der Waals surface area contributed by atoms with Gasteiger partial charge in [-0.3, -0.25) is 4.79 Å². The fourth-order valence-electron chi connectivity index (χ4n) is 2.66. The highest BCUT2D eigenvalue weighted by Crippen LogP contribution is 2.22. The Morgan fingerprint density at radius 2 is 1.92 bits per heavy atom. The van der Waals surface area contributed by atoms with Gasteiger partial charge in [-0.15, -0.1) is 0 Å². The van der Waals surface area contributed by atoms with E-state index in [1.165, 1.54) is 0 Å². The van der Waals surface area contributed by atoms with E-state index in [9.17, 15) is 4.79 Å². The lowest BCUT2D eigenvalue weighted by molar-refractivity contribution is -0.114. The zero-order valence-corrected chi connectivity index (χ0v) is 15.3. The van der Waals surface area contributed by atoms with E-state index < -0.39 is 0 Å². The number of benzene rings is 1. The van der Waals surface area contributed by atoms with Gasteiger partial charge < -0.3 is 14.7 Å². The molecule has 0 spiro atoms. The molecule has 1 N–H and O–H groups in total. The molecule has 7 heteroatoms. The highest BCUT2D eigenvalue weighted by molar-refractivity contribution is 5.95. The van der Waals surface area contributed by atoms with Crippen molar-refractivity contribution in [3.8, 4) is 11.5 Å². The molecule has 0 bridgehead atoms. The molecule has 0 unspecified atom stereocenters. The number of likely N-dealkylation sites (N-methyl/N-ethyl adjacent to an activating group) is 1. The largest absolute Gasteiger partial charge is 0.350 e. The van der Waals surface area contributed by atoms with Gasteiger partial charge in [0.1, 0.15) is 5.82 Å². The summed E-state index contributed by atoms with van der Waals surface area (Å²) >= 11 is 0. The fraction of sp³-hybridized carbons (Fsp3) is 0.263. The lowest BCUT2D eigenvalue weighted by Crippen LogP contribution is -2.31. The minimum atomic E-state index is -0.106.